The van der Waals surface area contributed by atoms with Crippen molar-refractivity contribution in [2.45, 2.75) is 31.7 Å². The molecule has 1 heterocycles. The molecule has 1 fully saturated rings. The van der Waals surface area contributed by atoms with E-state index in [9.17, 15) is 13.6 Å². The predicted octanol–water partition coefficient (Wildman–Crippen LogP) is 3.17. The quantitative estimate of drug-likeness (QED) is 0.908. The highest BCUT2D eigenvalue weighted by Crippen LogP contribution is 2.21. The molecule has 1 aliphatic rings. The van der Waals surface area contributed by atoms with Gasteiger partial charge >= 0.3 is 0 Å². The standard InChI is InChI=1S/C16H16F2N4O/c17-11-6-3-7-12(18)14(11)22-16-19-9-8-13(21-16)15(23)20-10-4-1-2-5-10/h3,6-10H,1-2,4-5H2,(H,20,23)(H,19,21,22). The van der Waals surface area contributed by atoms with Crippen LogP contribution in [0.2, 0.25) is 0 Å². The van der Waals surface area contributed by atoms with Gasteiger partial charge in [-0.1, -0.05) is 18.9 Å². The molecule has 0 spiro atoms. The van der Waals surface area contributed by atoms with Gasteiger partial charge in [0.1, 0.15) is 23.0 Å². The van der Waals surface area contributed by atoms with E-state index < -0.39 is 11.6 Å². The van der Waals surface area contributed by atoms with Crippen LogP contribution in [-0.4, -0.2) is 21.9 Å². The maximum absolute atomic E-state index is 13.6. The van der Waals surface area contributed by atoms with Crippen molar-refractivity contribution in [3.63, 3.8) is 0 Å². The molecule has 1 amide bonds. The number of hydrogen-bond donors (Lipinski definition) is 2. The van der Waals surface area contributed by atoms with Crippen molar-refractivity contribution in [1.82, 2.24) is 15.3 Å². The van der Waals surface area contributed by atoms with Crippen LogP contribution in [0.4, 0.5) is 20.4 Å². The van der Waals surface area contributed by atoms with Gasteiger partial charge in [0, 0.05) is 12.2 Å². The van der Waals surface area contributed by atoms with Gasteiger partial charge in [-0.05, 0) is 31.0 Å². The van der Waals surface area contributed by atoms with Crippen LogP contribution in [0.15, 0.2) is 30.5 Å². The minimum Gasteiger partial charge on any atom is -0.348 e. The van der Waals surface area contributed by atoms with Crippen LogP contribution in [0.1, 0.15) is 36.2 Å². The maximum Gasteiger partial charge on any atom is 0.270 e. The van der Waals surface area contributed by atoms with Gasteiger partial charge in [0.25, 0.3) is 5.91 Å². The number of aromatic nitrogens is 2. The van der Waals surface area contributed by atoms with Crippen LogP contribution >= 0.6 is 0 Å². The molecule has 0 unspecified atom stereocenters. The summed E-state index contributed by atoms with van der Waals surface area (Å²) in [6, 6.07) is 5.15. The number of hydrogen-bond acceptors (Lipinski definition) is 4. The lowest BCUT2D eigenvalue weighted by molar-refractivity contribution is 0.0933. The molecule has 3 rings (SSSR count). The van der Waals surface area contributed by atoms with Crippen LogP contribution in [-0.2, 0) is 0 Å². The van der Waals surface area contributed by atoms with Crippen molar-refractivity contribution < 1.29 is 13.6 Å². The Bertz CT molecular complexity index is 697. The monoisotopic (exact) mass is 318 g/mol. The molecule has 23 heavy (non-hydrogen) atoms. The zero-order chi connectivity index (χ0) is 16.2. The van der Waals surface area contributed by atoms with Crippen molar-refractivity contribution in [3.8, 4) is 0 Å². The molecular formula is C16H16F2N4O. The summed E-state index contributed by atoms with van der Waals surface area (Å²) < 4.78 is 27.3. The van der Waals surface area contributed by atoms with Crippen molar-refractivity contribution in [2.24, 2.45) is 0 Å². The number of nitrogens with zero attached hydrogens (tertiary/aromatic N) is 2. The molecule has 0 radical (unpaired) electrons. The zero-order valence-electron chi connectivity index (χ0n) is 12.4. The van der Waals surface area contributed by atoms with E-state index in [0.29, 0.717) is 0 Å². The summed E-state index contributed by atoms with van der Waals surface area (Å²) in [6.45, 7) is 0. The zero-order valence-corrected chi connectivity index (χ0v) is 12.4. The molecule has 0 atom stereocenters. The highest BCUT2D eigenvalue weighted by Gasteiger charge is 2.19. The first kappa shape index (κ1) is 15.3. The van der Waals surface area contributed by atoms with E-state index in [-0.39, 0.29) is 29.3 Å². The third-order valence-electron chi connectivity index (χ3n) is 3.78. The Balaban J connectivity index is 1.75. The third kappa shape index (κ3) is 3.61. The molecule has 1 saturated carbocycles. The Morgan fingerprint density at radius 3 is 2.52 bits per heavy atom. The van der Waals surface area contributed by atoms with Gasteiger partial charge in [-0.15, -0.1) is 0 Å². The van der Waals surface area contributed by atoms with Crippen LogP contribution in [0.25, 0.3) is 0 Å². The molecule has 0 aliphatic heterocycles. The van der Waals surface area contributed by atoms with E-state index in [1.807, 2.05) is 0 Å². The summed E-state index contributed by atoms with van der Waals surface area (Å²) >= 11 is 0. The van der Waals surface area contributed by atoms with Crippen molar-refractivity contribution >= 4 is 17.5 Å². The normalized spacial score (nSPS) is 14.7. The Morgan fingerprint density at radius 1 is 1.13 bits per heavy atom. The van der Waals surface area contributed by atoms with Crippen LogP contribution in [0, 0.1) is 11.6 Å². The Labute approximate surface area is 132 Å². The van der Waals surface area contributed by atoms with Gasteiger partial charge in [-0.3, -0.25) is 4.79 Å². The molecule has 2 N–H and O–H groups in total. The highest BCUT2D eigenvalue weighted by molar-refractivity contribution is 5.92. The van der Waals surface area contributed by atoms with Gasteiger partial charge in [-0.2, -0.15) is 0 Å². The largest absolute Gasteiger partial charge is 0.348 e. The molecule has 0 saturated heterocycles. The third-order valence-corrected chi connectivity index (χ3v) is 3.78. The molecular weight excluding hydrogens is 302 g/mol. The lowest BCUT2D eigenvalue weighted by atomic mass is 10.2. The van der Waals surface area contributed by atoms with Crippen LogP contribution in [0.5, 0.6) is 0 Å². The number of carbonyl (C=O) groups excluding carboxylic acids is 1. The topological polar surface area (TPSA) is 66.9 Å². The number of anilines is 2. The smallest absolute Gasteiger partial charge is 0.270 e. The van der Waals surface area contributed by atoms with Crippen LogP contribution < -0.4 is 10.6 Å². The number of para-hydroxylation sites is 1. The maximum atomic E-state index is 13.6. The average molecular weight is 318 g/mol. The molecule has 1 aliphatic carbocycles. The SMILES string of the molecule is O=C(NC1CCCC1)c1ccnc(Nc2c(F)cccc2F)n1. The molecule has 1 aromatic carbocycles. The minimum absolute atomic E-state index is 0.0342. The number of benzene rings is 1. The lowest BCUT2D eigenvalue weighted by Crippen LogP contribution is -2.33. The number of halogens is 2. The van der Waals surface area contributed by atoms with E-state index in [1.165, 1.54) is 18.3 Å². The van der Waals surface area contributed by atoms with E-state index in [0.717, 1.165) is 37.8 Å². The highest BCUT2D eigenvalue weighted by atomic mass is 19.1. The Morgan fingerprint density at radius 2 is 1.83 bits per heavy atom. The van der Waals surface area contributed by atoms with E-state index in [1.54, 1.807) is 0 Å². The second-order valence-corrected chi connectivity index (χ2v) is 5.44. The van der Waals surface area contributed by atoms with Crippen molar-refractivity contribution in [3.05, 3.63) is 47.8 Å². The Kier molecular flexibility index (Phi) is 4.45. The molecule has 7 heteroatoms. The molecule has 5 nitrogen and oxygen atoms in total. The van der Waals surface area contributed by atoms with Crippen LogP contribution in [0.3, 0.4) is 0 Å². The summed E-state index contributed by atoms with van der Waals surface area (Å²) in [4.78, 5) is 20.1. The average Bonchev–Trinajstić information content (AvgIpc) is 3.04. The van der Waals surface area contributed by atoms with Gasteiger partial charge in [-0.25, -0.2) is 18.7 Å². The molecule has 2 aromatic rings. The first-order valence-electron chi connectivity index (χ1n) is 7.48. The summed E-state index contributed by atoms with van der Waals surface area (Å²) in [5, 5.41) is 5.38. The van der Waals surface area contributed by atoms with Gasteiger partial charge in [0.05, 0.1) is 0 Å². The molecule has 120 valence electrons. The fourth-order valence-electron chi connectivity index (χ4n) is 2.60. The number of carbonyl (C=O) groups is 1. The summed E-state index contributed by atoms with van der Waals surface area (Å²) in [5.74, 6) is -1.85. The number of rotatable bonds is 4. The van der Waals surface area contributed by atoms with Crippen molar-refractivity contribution in [2.75, 3.05) is 5.32 Å². The number of amides is 1. The van der Waals surface area contributed by atoms with Gasteiger partial charge in [0.15, 0.2) is 0 Å². The van der Waals surface area contributed by atoms with Gasteiger partial charge < -0.3 is 10.6 Å². The first-order valence-corrected chi connectivity index (χ1v) is 7.48. The Hall–Kier alpha value is -2.57. The van der Waals surface area contributed by atoms with E-state index >= 15 is 0 Å². The first-order chi connectivity index (χ1) is 11.1. The fourth-order valence-corrected chi connectivity index (χ4v) is 2.60. The minimum atomic E-state index is -0.755. The summed E-state index contributed by atoms with van der Waals surface area (Å²) in [7, 11) is 0. The second kappa shape index (κ2) is 6.68. The summed E-state index contributed by atoms with van der Waals surface area (Å²) in [5.41, 5.74) is -0.188. The van der Waals surface area contributed by atoms with Crippen molar-refractivity contribution in [1.29, 1.82) is 0 Å². The molecule has 0 bridgehead atoms. The van der Waals surface area contributed by atoms with E-state index in [2.05, 4.69) is 20.6 Å². The summed E-state index contributed by atoms with van der Waals surface area (Å²) in [6.07, 6.45) is 5.50. The fraction of sp³-hybridized carbons (Fsp3) is 0.312. The van der Waals surface area contributed by atoms with E-state index in [4.69, 9.17) is 0 Å². The number of nitrogens with one attached hydrogen (secondary N) is 2. The molecule has 1 aromatic heterocycles. The predicted molar refractivity (Wildman–Crippen MR) is 81.4 cm³/mol. The van der Waals surface area contributed by atoms with Gasteiger partial charge in [0.2, 0.25) is 5.95 Å². The lowest BCUT2D eigenvalue weighted by Gasteiger charge is -2.12. The second-order valence-electron chi connectivity index (χ2n) is 5.44.